The van der Waals surface area contributed by atoms with E-state index < -0.39 is 5.60 Å². The minimum Gasteiger partial charge on any atom is -0.386 e. The fraction of sp³-hybridized carbons (Fsp3) is 0.467. The molecule has 3 rings (SSSR count). The van der Waals surface area contributed by atoms with E-state index in [1.807, 2.05) is 4.90 Å². The van der Waals surface area contributed by atoms with Crippen LogP contribution < -0.4 is 4.90 Å². The van der Waals surface area contributed by atoms with Gasteiger partial charge in [0.05, 0.1) is 24.3 Å². The number of likely N-dealkylation sites (N-methyl/N-ethyl adjacent to an activating group) is 1. The van der Waals surface area contributed by atoms with Crippen LogP contribution in [-0.2, 0) is 11.3 Å². The van der Waals surface area contributed by atoms with Crippen molar-refractivity contribution >= 4 is 23.5 Å². The third-order valence-corrected chi connectivity index (χ3v) is 4.22. The van der Waals surface area contributed by atoms with Crippen molar-refractivity contribution in [1.29, 1.82) is 0 Å². The van der Waals surface area contributed by atoms with Crippen molar-refractivity contribution < 1.29 is 9.90 Å². The van der Waals surface area contributed by atoms with Crippen molar-refractivity contribution in [2.75, 3.05) is 31.6 Å². The summed E-state index contributed by atoms with van der Waals surface area (Å²) in [5.74, 6) is 0.450. The van der Waals surface area contributed by atoms with Gasteiger partial charge in [-0.1, -0.05) is 11.6 Å². The van der Waals surface area contributed by atoms with E-state index >= 15 is 0 Å². The molecule has 0 saturated carbocycles. The van der Waals surface area contributed by atoms with Crippen LogP contribution >= 0.6 is 11.6 Å². The average molecular weight is 351 g/mol. The van der Waals surface area contributed by atoms with Gasteiger partial charge in [0.2, 0.25) is 11.9 Å². The molecule has 0 radical (unpaired) electrons. The van der Waals surface area contributed by atoms with Crippen molar-refractivity contribution in [3.05, 3.63) is 35.9 Å². The first-order valence-corrected chi connectivity index (χ1v) is 7.99. The first kappa shape index (κ1) is 16.7. The van der Waals surface area contributed by atoms with E-state index in [4.69, 9.17) is 11.6 Å². The molecule has 1 fully saturated rings. The van der Waals surface area contributed by atoms with Gasteiger partial charge in [-0.3, -0.25) is 9.48 Å². The van der Waals surface area contributed by atoms with Crippen LogP contribution in [0.15, 0.2) is 30.9 Å². The summed E-state index contributed by atoms with van der Waals surface area (Å²) in [6.45, 7) is 1.37. The van der Waals surface area contributed by atoms with Gasteiger partial charge in [0.1, 0.15) is 12.1 Å². The Morgan fingerprint density at radius 3 is 2.88 bits per heavy atom. The molecule has 0 spiro atoms. The zero-order valence-electron chi connectivity index (χ0n) is 13.3. The second kappa shape index (κ2) is 6.74. The first-order valence-electron chi connectivity index (χ1n) is 7.61. The third kappa shape index (κ3) is 3.82. The zero-order valence-corrected chi connectivity index (χ0v) is 14.1. The highest BCUT2D eigenvalue weighted by Crippen LogP contribution is 2.25. The Bertz CT molecular complexity index is 709. The van der Waals surface area contributed by atoms with Crippen LogP contribution in [0.1, 0.15) is 6.42 Å². The molecule has 1 aliphatic heterocycles. The van der Waals surface area contributed by atoms with Crippen LogP contribution in [-0.4, -0.2) is 67.9 Å². The number of aromatic nitrogens is 4. The second-order valence-corrected chi connectivity index (χ2v) is 6.49. The lowest BCUT2D eigenvalue weighted by atomic mass is 10.0. The molecule has 1 saturated heterocycles. The number of carbonyl (C=O) groups is 1. The number of amides is 1. The highest BCUT2D eigenvalue weighted by atomic mass is 35.5. The number of rotatable bonds is 5. The Morgan fingerprint density at radius 1 is 1.46 bits per heavy atom. The van der Waals surface area contributed by atoms with Crippen LogP contribution in [0.25, 0.3) is 0 Å². The Morgan fingerprint density at radius 2 is 2.21 bits per heavy atom. The van der Waals surface area contributed by atoms with Gasteiger partial charge in [-0.15, -0.1) is 0 Å². The second-order valence-electron chi connectivity index (χ2n) is 6.05. The summed E-state index contributed by atoms with van der Waals surface area (Å²) in [4.78, 5) is 24.1. The molecule has 2 aromatic rings. The summed E-state index contributed by atoms with van der Waals surface area (Å²) in [5, 5.41) is 15.3. The lowest BCUT2D eigenvalue weighted by Gasteiger charge is -2.29. The van der Waals surface area contributed by atoms with E-state index in [-0.39, 0.29) is 19.0 Å². The molecule has 1 atom stereocenters. The van der Waals surface area contributed by atoms with Crippen molar-refractivity contribution in [3.8, 4) is 0 Å². The molecule has 128 valence electrons. The smallest absolute Gasteiger partial charge is 0.244 e. The van der Waals surface area contributed by atoms with Crippen LogP contribution in [0.3, 0.4) is 0 Å². The van der Waals surface area contributed by atoms with Gasteiger partial charge < -0.3 is 14.9 Å². The van der Waals surface area contributed by atoms with E-state index in [9.17, 15) is 9.90 Å². The van der Waals surface area contributed by atoms with Crippen LogP contribution in [0.2, 0.25) is 5.02 Å². The topological polar surface area (TPSA) is 87.4 Å². The quantitative estimate of drug-likeness (QED) is 0.841. The maximum Gasteiger partial charge on any atom is 0.244 e. The van der Waals surface area contributed by atoms with E-state index in [0.717, 1.165) is 0 Å². The molecule has 0 unspecified atom stereocenters. The predicted octanol–water partition coefficient (Wildman–Crippen LogP) is 0.426. The Balaban J connectivity index is 1.57. The number of hydrogen-bond acceptors (Lipinski definition) is 6. The van der Waals surface area contributed by atoms with E-state index in [0.29, 0.717) is 30.5 Å². The Kier molecular flexibility index (Phi) is 4.68. The minimum absolute atomic E-state index is 0.0881. The number of halogens is 1. The van der Waals surface area contributed by atoms with Gasteiger partial charge in [0.25, 0.3) is 0 Å². The molecular formula is C15H19ClN6O2. The van der Waals surface area contributed by atoms with Crippen LogP contribution in [0.5, 0.6) is 0 Å². The molecule has 0 aromatic carbocycles. The maximum absolute atomic E-state index is 12.3. The molecule has 2 aromatic heterocycles. The average Bonchev–Trinajstić information content (AvgIpc) is 3.14. The number of β-amino-alcohol motifs (C(OH)–C–C–N with tert-alkyl or cyclic N) is 1. The van der Waals surface area contributed by atoms with E-state index in [1.54, 1.807) is 31.7 Å². The number of hydrogen-bond donors (Lipinski definition) is 1. The summed E-state index contributed by atoms with van der Waals surface area (Å²) in [6, 6.07) is 1.75. The Labute approximate surface area is 144 Å². The lowest BCUT2D eigenvalue weighted by Crippen LogP contribution is -2.46. The fourth-order valence-electron chi connectivity index (χ4n) is 2.82. The molecular weight excluding hydrogens is 332 g/mol. The van der Waals surface area contributed by atoms with Crippen LogP contribution in [0.4, 0.5) is 5.95 Å². The van der Waals surface area contributed by atoms with Gasteiger partial charge in [0, 0.05) is 32.2 Å². The molecule has 8 nitrogen and oxygen atoms in total. The fourth-order valence-corrected chi connectivity index (χ4v) is 2.98. The van der Waals surface area contributed by atoms with Gasteiger partial charge in [0.15, 0.2) is 0 Å². The third-order valence-electron chi connectivity index (χ3n) is 4.02. The van der Waals surface area contributed by atoms with Crippen molar-refractivity contribution in [3.63, 3.8) is 0 Å². The Hall–Kier alpha value is -2.19. The highest BCUT2D eigenvalue weighted by Gasteiger charge is 2.38. The van der Waals surface area contributed by atoms with Crippen LogP contribution in [0, 0.1) is 0 Å². The summed E-state index contributed by atoms with van der Waals surface area (Å²) < 4.78 is 1.48. The summed E-state index contributed by atoms with van der Waals surface area (Å²) in [7, 11) is 1.67. The number of anilines is 1. The molecule has 1 amide bonds. The number of carbonyl (C=O) groups excluding carboxylic acids is 1. The maximum atomic E-state index is 12.3. The van der Waals surface area contributed by atoms with Crippen molar-refractivity contribution in [2.24, 2.45) is 0 Å². The van der Waals surface area contributed by atoms with Crippen molar-refractivity contribution in [2.45, 2.75) is 18.6 Å². The molecule has 24 heavy (non-hydrogen) atoms. The summed E-state index contributed by atoms with van der Waals surface area (Å²) in [6.07, 6.45) is 6.97. The first-order chi connectivity index (χ1) is 11.5. The predicted molar refractivity (Wildman–Crippen MR) is 88.7 cm³/mol. The summed E-state index contributed by atoms with van der Waals surface area (Å²) >= 11 is 5.79. The zero-order chi connectivity index (χ0) is 17.2. The van der Waals surface area contributed by atoms with Gasteiger partial charge in [-0.25, -0.2) is 9.97 Å². The van der Waals surface area contributed by atoms with E-state index in [2.05, 4.69) is 15.1 Å². The SMILES string of the molecule is CN(C[C@@]1(O)CCN(c2ncccn2)C1)C(=O)Cn1cc(Cl)cn1. The highest BCUT2D eigenvalue weighted by molar-refractivity contribution is 6.30. The molecule has 9 heteroatoms. The monoisotopic (exact) mass is 350 g/mol. The number of aliphatic hydroxyl groups is 1. The lowest BCUT2D eigenvalue weighted by molar-refractivity contribution is -0.133. The standard InChI is InChI=1S/C15H19ClN6O2/c1-20(13(23)9-22-8-12(16)7-19-22)10-15(24)3-6-21(11-15)14-17-4-2-5-18-14/h2,4-5,7-8,24H,3,6,9-11H2,1H3/t15-/m0/s1. The van der Waals surface area contributed by atoms with Gasteiger partial charge in [-0.2, -0.15) is 5.10 Å². The minimum atomic E-state index is -0.981. The molecule has 1 aliphatic rings. The largest absolute Gasteiger partial charge is 0.386 e. The number of nitrogens with zero attached hydrogens (tertiary/aromatic N) is 6. The molecule has 0 bridgehead atoms. The van der Waals surface area contributed by atoms with Gasteiger partial charge in [-0.05, 0) is 12.5 Å². The van der Waals surface area contributed by atoms with E-state index in [1.165, 1.54) is 15.8 Å². The molecule has 1 N–H and O–H groups in total. The van der Waals surface area contributed by atoms with Gasteiger partial charge >= 0.3 is 0 Å². The molecule has 0 aliphatic carbocycles. The summed E-state index contributed by atoms with van der Waals surface area (Å²) in [5.41, 5.74) is -0.981. The van der Waals surface area contributed by atoms with Crippen molar-refractivity contribution in [1.82, 2.24) is 24.6 Å². The normalized spacial score (nSPS) is 20.4. The molecule has 3 heterocycles.